The van der Waals surface area contributed by atoms with Crippen LogP contribution < -0.4 is 10.6 Å². The van der Waals surface area contributed by atoms with Crippen molar-refractivity contribution in [2.24, 2.45) is 0 Å². The van der Waals surface area contributed by atoms with Gasteiger partial charge in [0.2, 0.25) is 5.95 Å². The van der Waals surface area contributed by atoms with Crippen LogP contribution in [0.3, 0.4) is 0 Å². The molecule has 3 rings (SSSR count). The standard InChI is InChI=1S/C18H22Cl2N4/c19-14-7-6-13(16(20)12-14)8-10-21-18-22-11-9-17(24-18)23-15-4-2-1-3-5-15/h6-7,9,11-12,15H,1-5,8,10H2,(H2,21,22,23,24). The van der Waals surface area contributed by atoms with E-state index in [-0.39, 0.29) is 0 Å². The first-order valence-electron chi connectivity index (χ1n) is 8.48. The van der Waals surface area contributed by atoms with Crippen LogP contribution in [0.15, 0.2) is 30.5 Å². The molecule has 0 spiro atoms. The summed E-state index contributed by atoms with van der Waals surface area (Å²) in [7, 11) is 0. The third-order valence-electron chi connectivity index (χ3n) is 4.31. The minimum atomic E-state index is 0.536. The maximum absolute atomic E-state index is 6.19. The summed E-state index contributed by atoms with van der Waals surface area (Å²) in [5.41, 5.74) is 1.06. The highest BCUT2D eigenvalue weighted by atomic mass is 35.5. The van der Waals surface area contributed by atoms with Crippen molar-refractivity contribution in [2.45, 2.75) is 44.6 Å². The van der Waals surface area contributed by atoms with Gasteiger partial charge in [0.15, 0.2) is 0 Å². The second-order valence-corrected chi connectivity index (χ2v) is 7.00. The number of halogens is 2. The summed E-state index contributed by atoms with van der Waals surface area (Å²) < 4.78 is 0. The van der Waals surface area contributed by atoms with Gasteiger partial charge in [0.25, 0.3) is 0 Å². The Balaban J connectivity index is 1.52. The second-order valence-electron chi connectivity index (χ2n) is 6.16. The molecule has 0 radical (unpaired) electrons. The predicted octanol–water partition coefficient (Wildman–Crippen LogP) is 5.18. The van der Waals surface area contributed by atoms with E-state index in [9.17, 15) is 0 Å². The van der Waals surface area contributed by atoms with Gasteiger partial charge in [-0.25, -0.2) is 4.98 Å². The van der Waals surface area contributed by atoms with Crippen molar-refractivity contribution in [3.63, 3.8) is 0 Å². The lowest BCUT2D eigenvalue weighted by molar-refractivity contribution is 0.462. The van der Waals surface area contributed by atoms with Crippen molar-refractivity contribution < 1.29 is 0 Å². The molecule has 0 saturated heterocycles. The molecule has 6 heteroatoms. The number of anilines is 2. The number of aromatic nitrogens is 2. The van der Waals surface area contributed by atoms with Crippen LogP contribution in [0.2, 0.25) is 10.0 Å². The van der Waals surface area contributed by atoms with Gasteiger partial charge in [-0.2, -0.15) is 4.98 Å². The van der Waals surface area contributed by atoms with Gasteiger partial charge in [0.1, 0.15) is 5.82 Å². The van der Waals surface area contributed by atoms with E-state index in [0.29, 0.717) is 28.6 Å². The third-order valence-corrected chi connectivity index (χ3v) is 4.89. The smallest absolute Gasteiger partial charge is 0.224 e. The second kappa shape index (κ2) is 8.54. The minimum Gasteiger partial charge on any atom is -0.367 e. The lowest BCUT2D eigenvalue weighted by atomic mass is 9.95. The van der Waals surface area contributed by atoms with E-state index < -0.39 is 0 Å². The molecule has 1 aliphatic carbocycles. The number of nitrogens with one attached hydrogen (secondary N) is 2. The molecular formula is C18H22Cl2N4. The Hall–Kier alpha value is -1.52. The summed E-state index contributed by atoms with van der Waals surface area (Å²) in [5.74, 6) is 1.53. The summed E-state index contributed by atoms with van der Waals surface area (Å²) in [6.45, 7) is 0.717. The molecule has 4 nitrogen and oxygen atoms in total. The van der Waals surface area contributed by atoms with E-state index in [1.165, 1.54) is 32.1 Å². The number of hydrogen-bond acceptors (Lipinski definition) is 4. The zero-order valence-corrected chi connectivity index (χ0v) is 15.1. The van der Waals surface area contributed by atoms with Gasteiger partial charge in [0, 0.05) is 28.8 Å². The summed E-state index contributed by atoms with van der Waals surface area (Å²) >= 11 is 12.1. The monoisotopic (exact) mass is 364 g/mol. The lowest BCUT2D eigenvalue weighted by Gasteiger charge is -2.23. The molecule has 0 amide bonds. The van der Waals surface area contributed by atoms with Crippen LogP contribution in [0.5, 0.6) is 0 Å². The van der Waals surface area contributed by atoms with Gasteiger partial charge in [-0.05, 0) is 43.0 Å². The molecule has 1 aromatic carbocycles. The lowest BCUT2D eigenvalue weighted by Crippen LogP contribution is -2.23. The van der Waals surface area contributed by atoms with Crippen LogP contribution in [0.4, 0.5) is 11.8 Å². The van der Waals surface area contributed by atoms with E-state index >= 15 is 0 Å². The fraction of sp³-hybridized carbons (Fsp3) is 0.444. The molecule has 0 unspecified atom stereocenters. The van der Waals surface area contributed by atoms with E-state index in [1.807, 2.05) is 18.2 Å². The molecule has 128 valence electrons. The number of nitrogens with zero attached hydrogens (tertiary/aromatic N) is 2. The molecule has 1 fully saturated rings. The van der Waals surface area contributed by atoms with Crippen LogP contribution in [0.1, 0.15) is 37.7 Å². The zero-order valence-electron chi connectivity index (χ0n) is 13.6. The van der Waals surface area contributed by atoms with E-state index in [1.54, 1.807) is 12.3 Å². The fourth-order valence-electron chi connectivity index (χ4n) is 3.01. The van der Waals surface area contributed by atoms with E-state index in [4.69, 9.17) is 23.2 Å². The Morgan fingerprint density at radius 3 is 2.71 bits per heavy atom. The molecule has 1 aromatic heterocycles. The van der Waals surface area contributed by atoms with Crippen molar-refractivity contribution in [3.8, 4) is 0 Å². The summed E-state index contributed by atoms with van der Waals surface area (Å²) in [5, 5.41) is 8.12. The molecule has 1 aliphatic rings. The first-order chi connectivity index (χ1) is 11.7. The molecule has 1 saturated carbocycles. The molecule has 1 heterocycles. The molecular weight excluding hydrogens is 343 g/mol. The Bertz CT molecular complexity index is 672. The van der Waals surface area contributed by atoms with Gasteiger partial charge < -0.3 is 10.6 Å². The summed E-state index contributed by atoms with van der Waals surface area (Å²) in [6, 6.07) is 8.04. The molecule has 0 aliphatic heterocycles. The molecule has 0 bridgehead atoms. The topological polar surface area (TPSA) is 49.8 Å². The number of rotatable bonds is 6. The van der Waals surface area contributed by atoms with Gasteiger partial charge in [-0.15, -0.1) is 0 Å². The normalized spacial score (nSPS) is 15.2. The number of benzene rings is 1. The highest BCUT2D eigenvalue weighted by Crippen LogP contribution is 2.22. The maximum atomic E-state index is 6.19. The van der Waals surface area contributed by atoms with Crippen molar-refractivity contribution in [1.29, 1.82) is 0 Å². The van der Waals surface area contributed by atoms with Crippen LogP contribution in [-0.4, -0.2) is 22.6 Å². The highest BCUT2D eigenvalue weighted by Gasteiger charge is 2.13. The average molecular weight is 365 g/mol. The van der Waals surface area contributed by atoms with Gasteiger partial charge >= 0.3 is 0 Å². The summed E-state index contributed by atoms with van der Waals surface area (Å²) in [6.07, 6.45) is 8.98. The average Bonchev–Trinajstić information content (AvgIpc) is 2.58. The first-order valence-corrected chi connectivity index (χ1v) is 9.24. The van der Waals surface area contributed by atoms with Crippen molar-refractivity contribution in [1.82, 2.24) is 9.97 Å². The maximum Gasteiger partial charge on any atom is 0.224 e. The first kappa shape index (κ1) is 17.3. The molecule has 24 heavy (non-hydrogen) atoms. The quantitative estimate of drug-likeness (QED) is 0.740. The number of hydrogen-bond donors (Lipinski definition) is 2. The SMILES string of the molecule is Clc1ccc(CCNc2nccc(NC3CCCCC3)n2)c(Cl)c1. The van der Waals surface area contributed by atoms with Crippen molar-refractivity contribution >= 4 is 35.0 Å². The largest absolute Gasteiger partial charge is 0.367 e. The van der Waals surface area contributed by atoms with Gasteiger partial charge in [0.05, 0.1) is 0 Å². The summed E-state index contributed by atoms with van der Waals surface area (Å²) in [4.78, 5) is 8.83. The highest BCUT2D eigenvalue weighted by molar-refractivity contribution is 6.35. The fourth-order valence-corrected chi connectivity index (χ4v) is 3.52. The van der Waals surface area contributed by atoms with Crippen LogP contribution in [0, 0.1) is 0 Å². The predicted molar refractivity (Wildman–Crippen MR) is 101 cm³/mol. The van der Waals surface area contributed by atoms with E-state index in [0.717, 1.165) is 17.8 Å². The zero-order chi connectivity index (χ0) is 16.8. The van der Waals surface area contributed by atoms with Crippen LogP contribution >= 0.6 is 23.2 Å². The molecule has 0 atom stereocenters. The van der Waals surface area contributed by atoms with Crippen LogP contribution in [-0.2, 0) is 6.42 Å². The minimum absolute atomic E-state index is 0.536. The van der Waals surface area contributed by atoms with E-state index in [2.05, 4.69) is 20.6 Å². The van der Waals surface area contributed by atoms with Crippen LogP contribution in [0.25, 0.3) is 0 Å². The van der Waals surface area contributed by atoms with Crippen molar-refractivity contribution in [2.75, 3.05) is 17.2 Å². The Morgan fingerprint density at radius 1 is 1.08 bits per heavy atom. The van der Waals surface area contributed by atoms with Crippen molar-refractivity contribution in [3.05, 3.63) is 46.1 Å². The van der Waals surface area contributed by atoms with Gasteiger partial charge in [-0.3, -0.25) is 0 Å². The third kappa shape index (κ3) is 4.99. The molecule has 2 aromatic rings. The molecule has 2 N–H and O–H groups in total. The Kier molecular flexibility index (Phi) is 6.16. The Labute approximate surface area is 153 Å². The van der Waals surface area contributed by atoms with Gasteiger partial charge in [-0.1, -0.05) is 48.5 Å². The Morgan fingerprint density at radius 2 is 1.92 bits per heavy atom.